The number of β-amino-alcohol motifs (C(OH)–C–C–N with tert-alkyl or cyclic N) is 1. The number of rotatable bonds is 6. The summed E-state index contributed by atoms with van der Waals surface area (Å²) in [7, 11) is 0. The van der Waals surface area contributed by atoms with Gasteiger partial charge in [-0.25, -0.2) is 0 Å². The molecule has 3 aliphatic carbocycles. The van der Waals surface area contributed by atoms with E-state index in [1.54, 1.807) is 24.3 Å². The fraction of sp³-hybridized carbons (Fsp3) is 0.515. The Balaban J connectivity index is 1.16. The number of aliphatic imine (C=N–C) groups is 1. The molecule has 0 aromatic heterocycles. The number of benzene rings is 3. The fourth-order valence-corrected chi connectivity index (χ4v) is 15.0. The SMILES string of the molecule is C=C1/C=C/C=C(\[C@H]2CC[C@@]3([C@@H]4CC[C@H](O)Cc5cccc(c5)C[C@H]([C@H](CN=C(N)N)c5ccc(O)cc5)[C@H](O)CN[C@H]5C(=O)N[C@@H](N)c6cccc(c65)CC(=O)C(C5CCCCC5)=C4CC[C@@]3(C)O)[C@@H]2O)COCC#CC/C(C)=C/CC1. The van der Waals surface area contributed by atoms with Crippen LogP contribution in [0.1, 0.15) is 155 Å². The lowest BCUT2D eigenvalue weighted by atomic mass is 9.51. The molecule has 0 unspecified atom stereocenters. The maximum Gasteiger partial charge on any atom is 0.243 e. The molecule has 13 N–H and O–H groups in total. The minimum Gasteiger partial charge on any atom is -0.508 e. The molecule has 3 aromatic rings. The van der Waals surface area contributed by atoms with Gasteiger partial charge >= 0.3 is 0 Å². The largest absolute Gasteiger partial charge is 0.508 e. The lowest BCUT2D eigenvalue weighted by Crippen LogP contribution is -2.59. The number of nitrogens with zero attached hydrogens (tertiary/aromatic N) is 1. The van der Waals surface area contributed by atoms with E-state index >= 15 is 4.79 Å². The van der Waals surface area contributed by atoms with Crippen LogP contribution < -0.4 is 27.8 Å². The summed E-state index contributed by atoms with van der Waals surface area (Å²) in [5.41, 5.74) is 25.5. The van der Waals surface area contributed by atoms with Crippen LogP contribution in [-0.2, 0) is 33.6 Å². The zero-order valence-corrected chi connectivity index (χ0v) is 48.1. The molecule has 6 aliphatic rings. The van der Waals surface area contributed by atoms with Crippen LogP contribution in [0.25, 0.3) is 0 Å². The second-order valence-electron chi connectivity index (χ2n) is 24.6. The van der Waals surface area contributed by atoms with Gasteiger partial charge in [-0.05, 0) is 165 Å². The van der Waals surface area contributed by atoms with E-state index in [0.29, 0.717) is 74.5 Å². The minimum absolute atomic E-state index is 0.0256. The van der Waals surface area contributed by atoms with Gasteiger partial charge in [-0.2, -0.15) is 0 Å². The van der Waals surface area contributed by atoms with E-state index in [1.807, 2.05) is 61.5 Å². The van der Waals surface area contributed by atoms with E-state index in [4.69, 9.17) is 21.9 Å². The van der Waals surface area contributed by atoms with E-state index in [-0.39, 0.29) is 68.0 Å². The predicted molar refractivity (Wildman–Crippen MR) is 322 cm³/mol. The normalized spacial score (nSPS) is 32.4. The van der Waals surface area contributed by atoms with Crippen LogP contribution in [0, 0.1) is 40.9 Å². The van der Waals surface area contributed by atoms with Crippen molar-refractivity contribution < 1.29 is 39.9 Å². The number of ether oxygens (including phenoxy) is 1. The van der Waals surface area contributed by atoms with Crippen LogP contribution in [0.15, 0.2) is 130 Å². The highest BCUT2D eigenvalue weighted by Crippen LogP contribution is 2.64. The van der Waals surface area contributed by atoms with Gasteiger partial charge in [0.15, 0.2) is 11.7 Å². The van der Waals surface area contributed by atoms with E-state index in [1.165, 1.54) is 5.57 Å². The number of fused-ring (bicyclic) bond motifs is 4. The second kappa shape index (κ2) is 27.0. The maximum absolute atomic E-state index is 16.0. The molecular weight excluding hydrogens is 1030 g/mol. The molecule has 1 spiro atoms. The number of nitrogens with two attached hydrogens (primary N) is 3. The number of aliphatic hydroxyl groups excluding tert-OH is 3. The van der Waals surface area contributed by atoms with Crippen molar-refractivity contribution in [2.45, 2.75) is 165 Å². The molecule has 2 bridgehead atoms. The Labute approximate surface area is 485 Å². The van der Waals surface area contributed by atoms with E-state index < -0.39 is 59.3 Å². The van der Waals surface area contributed by atoms with Gasteiger partial charge in [0, 0.05) is 43.2 Å². The van der Waals surface area contributed by atoms with Crippen molar-refractivity contribution in [3.8, 4) is 17.6 Å². The number of amides is 1. The summed E-state index contributed by atoms with van der Waals surface area (Å²) in [6.45, 7) is 8.83. The molecule has 3 aromatic carbocycles. The lowest BCUT2D eigenvalue weighted by molar-refractivity contribution is -0.168. The number of phenolic OH excluding ortho intramolecular Hbond substituents is 1. The number of carbonyl (C=O) groups excluding carboxylic acids is 2. The number of Topliss-reactive ketones (excluding diaryl/α,β-unsaturated/α-hetero) is 1. The number of hydrogen-bond donors (Lipinski definition) is 10. The first-order chi connectivity index (χ1) is 39.4. The Hall–Kier alpha value is -6.15. The first-order valence-corrected chi connectivity index (χ1v) is 30.0. The number of carbonyl (C=O) groups is 2. The average Bonchev–Trinajstić information content (AvgIpc) is 1.75. The molecular formula is C68H88N6O8. The number of ketones is 1. The van der Waals surface area contributed by atoms with Crippen molar-refractivity contribution in [1.29, 1.82) is 0 Å². The molecule has 3 aliphatic heterocycles. The van der Waals surface area contributed by atoms with Crippen molar-refractivity contribution in [3.63, 3.8) is 0 Å². The summed E-state index contributed by atoms with van der Waals surface area (Å²) in [6.07, 6.45) is 14.7. The number of hydrogen-bond acceptors (Lipinski definition) is 11. The van der Waals surface area contributed by atoms with Crippen molar-refractivity contribution in [2.75, 3.05) is 26.3 Å². The smallest absolute Gasteiger partial charge is 0.243 e. The van der Waals surface area contributed by atoms with Crippen LogP contribution in [0.4, 0.5) is 0 Å². The van der Waals surface area contributed by atoms with Crippen LogP contribution in [0.2, 0.25) is 0 Å². The van der Waals surface area contributed by atoms with Gasteiger partial charge in [-0.15, -0.1) is 0 Å². The quantitative estimate of drug-likeness (QED) is 0.0485. The number of allylic oxidation sites excluding steroid dienone is 8. The molecule has 0 saturated heterocycles. The van der Waals surface area contributed by atoms with Crippen molar-refractivity contribution in [1.82, 2.24) is 10.6 Å². The summed E-state index contributed by atoms with van der Waals surface area (Å²) in [5.74, 6) is 4.01. The Bertz CT molecular complexity index is 3010. The molecule has 14 nitrogen and oxygen atoms in total. The number of phenols is 1. The molecule has 3 heterocycles. The Morgan fingerprint density at radius 1 is 0.927 bits per heavy atom. The zero-order chi connectivity index (χ0) is 58.1. The molecule has 3 saturated carbocycles. The van der Waals surface area contributed by atoms with E-state index in [2.05, 4.69) is 53.1 Å². The third kappa shape index (κ3) is 13.7. The zero-order valence-electron chi connectivity index (χ0n) is 48.1. The number of guanidine groups is 1. The van der Waals surface area contributed by atoms with Crippen molar-refractivity contribution in [3.05, 3.63) is 159 Å². The topological polar surface area (TPSA) is 259 Å². The maximum atomic E-state index is 16.0. The van der Waals surface area contributed by atoms with Crippen molar-refractivity contribution in [2.24, 2.45) is 51.3 Å². The lowest BCUT2D eigenvalue weighted by Gasteiger charge is -2.56. The van der Waals surface area contributed by atoms with Crippen LogP contribution in [-0.4, -0.2) is 93.4 Å². The van der Waals surface area contributed by atoms with Gasteiger partial charge in [-0.3, -0.25) is 19.9 Å². The average molecular weight is 1120 g/mol. The highest BCUT2D eigenvalue weighted by atomic mass is 16.5. The van der Waals surface area contributed by atoms with Gasteiger partial charge in [-0.1, -0.05) is 133 Å². The van der Waals surface area contributed by atoms with Gasteiger partial charge < -0.3 is 52.8 Å². The molecule has 438 valence electrons. The second-order valence-corrected chi connectivity index (χ2v) is 24.6. The molecule has 82 heavy (non-hydrogen) atoms. The van der Waals surface area contributed by atoms with E-state index in [9.17, 15) is 30.3 Å². The standard InChI is InChI=1S/C68H88N6O8/c1-42-13-7-8-34-82-41-49(22-10-16-43(2)15-9-14-42)52-31-33-68(63(52)79)57-29-28-51(76)36-44-17-11-18-45(35-44)37-55(56(39-73-66(70)71)46-24-26-50(75)27-25-46)59(78)40-72-62-61-48(21-12-23-54(61)64(69)74-65(62)80)38-58(77)60(47-19-5-4-6-20-47)53(57)30-32-67(68,3)81/h10-12,14,16-18,21-27,35,47,51-52,55-57,59,62-64,72,75-76,78-79,81H,2,4-6,9,13,15,19-20,28-34,36-41,69H2,1,3H3,(H,74,80)(H4,70,71,73)/b16-10+,42-14+,49-22-,60-53?/t51-,52+,55+,56+,57+,59+,62+,63+,64+,67+,68+/m0/s1. The van der Waals surface area contributed by atoms with Crippen LogP contribution in [0.5, 0.6) is 5.75 Å². The predicted octanol–water partition coefficient (Wildman–Crippen LogP) is 8.18. The third-order valence-corrected chi connectivity index (χ3v) is 19.2. The monoisotopic (exact) mass is 1120 g/mol. The highest BCUT2D eigenvalue weighted by Gasteiger charge is 2.64. The number of aliphatic hydroxyl groups is 4. The van der Waals surface area contributed by atoms with Crippen LogP contribution in [0.3, 0.4) is 0 Å². The summed E-state index contributed by atoms with van der Waals surface area (Å²) in [4.78, 5) is 34.9. The molecule has 11 atom stereocenters. The van der Waals surface area contributed by atoms with Gasteiger partial charge in [0.2, 0.25) is 5.91 Å². The summed E-state index contributed by atoms with van der Waals surface area (Å²) < 4.78 is 6.27. The van der Waals surface area contributed by atoms with Gasteiger partial charge in [0.05, 0.1) is 30.5 Å². The number of nitrogens with one attached hydrogen (secondary N) is 2. The highest BCUT2D eigenvalue weighted by molar-refractivity contribution is 5.99. The molecule has 9 rings (SSSR count). The molecule has 14 heteroatoms. The third-order valence-electron chi connectivity index (χ3n) is 19.2. The van der Waals surface area contributed by atoms with Gasteiger partial charge in [0.25, 0.3) is 0 Å². The molecule has 0 radical (unpaired) electrons. The Kier molecular flexibility index (Phi) is 19.9. The van der Waals surface area contributed by atoms with Crippen LogP contribution >= 0.6 is 0 Å². The first-order valence-electron chi connectivity index (χ1n) is 30.0. The van der Waals surface area contributed by atoms with E-state index in [0.717, 1.165) is 83.9 Å². The Morgan fingerprint density at radius 3 is 2.45 bits per heavy atom. The summed E-state index contributed by atoms with van der Waals surface area (Å²) in [6, 6.07) is 19.4. The molecule has 3 fully saturated rings. The minimum atomic E-state index is -1.36. The van der Waals surface area contributed by atoms with Gasteiger partial charge in [0.1, 0.15) is 24.6 Å². The summed E-state index contributed by atoms with van der Waals surface area (Å²) in [5, 5.41) is 68.3. The first kappa shape index (κ1) is 60.4. The molecule has 1 amide bonds. The van der Waals surface area contributed by atoms with Crippen molar-refractivity contribution >= 4 is 17.6 Å². The Morgan fingerprint density at radius 2 is 1.68 bits per heavy atom. The number of aromatic hydroxyl groups is 1. The summed E-state index contributed by atoms with van der Waals surface area (Å²) >= 11 is 0. The fourth-order valence-electron chi connectivity index (χ4n) is 15.0.